The Bertz CT molecular complexity index is 776. The Kier molecular flexibility index (Phi) is 4.29. The van der Waals surface area contributed by atoms with Crippen LogP contribution in [0.15, 0.2) is 41.3 Å². The SMILES string of the molecule is COc1cc(N)ccc1S(=O)(=O)Nc1ccc(C)cc1Cl. The van der Waals surface area contributed by atoms with Crippen LogP contribution in [0.1, 0.15) is 5.56 Å². The molecule has 2 rings (SSSR count). The Morgan fingerprint density at radius 3 is 2.52 bits per heavy atom. The summed E-state index contributed by atoms with van der Waals surface area (Å²) in [6.45, 7) is 1.87. The number of nitrogens with one attached hydrogen (secondary N) is 1. The molecule has 2 aromatic carbocycles. The number of anilines is 2. The van der Waals surface area contributed by atoms with Gasteiger partial charge in [0, 0.05) is 11.8 Å². The molecular weight excluding hydrogens is 312 g/mol. The zero-order valence-electron chi connectivity index (χ0n) is 11.6. The van der Waals surface area contributed by atoms with Gasteiger partial charge >= 0.3 is 0 Å². The van der Waals surface area contributed by atoms with Crippen LogP contribution in [0.2, 0.25) is 5.02 Å². The Hall–Kier alpha value is -1.92. The molecule has 0 aromatic heterocycles. The normalized spacial score (nSPS) is 11.2. The van der Waals surface area contributed by atoms with Crippen molar-refractivity contribution in [3.63, 3.8) is 0 Å². The maximum absolute atomic E-state index is 12.4. The third-order valence-electron chi connectivity index (χ3n) is 2.85. The zero-order valence-corrected chi connectivity index (χ0v) is 13.1. The van der Waals surface area contributed by atoms with Crippen LogP contribution in [0, 0.1) is 6.92 Å². The minimum absolute atomic E-state index is 0.00385. The van der Waals surface area contributed by atoms with Crippen LogP contribution < -0.4 is 15.2 Å². The molecular formula is C14H15ClN2O3S. The highest BCUT2D eigenvalue weighted by atomic mass is 35.5. The molecule has 0 radical (unpaired) electrons. The van der Waals surface area contributed by atoms with Gasteiger partial charge in [-0.3, -0.25) is 4.72 Å². The lowest BCUT2D eigenvalue weighted by Gasteiger charge is -2.13. The van der Waals surface area contributed by atoms with E-state index in [1.807, 2.05) is 6.92 Å². The molecule has 21 heavy (non-hydrogen) atoms. The molecule has 0 amide bonds. The number of ether oxygens (including phenoxy) is 1. The molecule has 112 valence electrons. The third kappa shape index (κ3) is 3.40. The van der Waals surface area contributed by atoms with E-state index in [0.29, 0.717) is 16.4 Å². The van der Waals surface area contributed by atoms with Gasteiger partial charge in [-0.1, -0.05) is 17.7 Å². The predicted molar refractivity (Wildman–Crippen MR) is 84.4 cm³/mol. The molecule has 0 saturated heterocycles. The summed E-state index contributed by atoms with van der Waals surface area (Å²) in [7, 11) is -2.44. The minimum Gasteiger partial charge on any atom is -0.495 e. The summed E-state index contributed by atoms with van der Waals surface area (Å²) in [5.41, 5.74) is 7.28. The van der Waals surface area contributed by atoms with Crippen LogP contribution in [0.3, 0.4) is 0 Å². The van der Waals surface area contributed by atoms with Gasteiger partial charge in [-0.25, -0.2) is 8.42 Å². The lowest BCUT2D eigenvalue weighted by Crippen LogP contribution is -2.14. The third-order valence-corrected chi connectivity index (χ3v) is 4.56. The van der Waals surface area contributed by atoms with Crippen molar-refractivity contribution >= 4 is 33.0 Å². The summed E-state index contributed by atoms with van der Waals surface area (Å²) in [5, 5.41) is 0.327. The summed E-state index contributed by atoms with van der Waals surface area (Å²) >= 11 is 6.04. The van der Waals surface area contributed by atoms with E-state index in [1.54, 1.807) is 18.2 Å². The van der Waals surface area contributed by atoms with Crippen LogP contribution in [-0.2, 0) is 10.0 Å². The number of hydrogen-bond donors (Lipinski definition) is 2. The van der Waals surface area contributed by atoms with Crippen molar-refractivity contribution in [1.29, 1.82) is 0 Å². The average molecular weight is 327 g/mol. The van der Waals surface area contributed by atoms with E-state index >= 15 is 0 Å². The predicted octanol–water partition coefficient (Wildman–Crippen LogP) is 3.04. The van der Waals surface area contributed by atoms with Gasteiger partial charge in [0.15, 0.2) is 0 Å². The van der Waals surface area contributed by atoms with Gasteiger partial charge in [0.25, 0.3) is 10.0 Å². The Labute approximate surface area is 128 Å². The van der Waals surface area contributed by atoms with Gasteiger partial charge < -0.3 is 10.5 Å². The van der Waals surface area contributed by atoms with E-state index in [2.05, 4.69) is 4.72 Å². The molecule has 7 heteroatoms. The van der Waals surface area contributed by atoms with E-state index in [0.717, 1.165) is 5.56 Å². The molecule has 0 aliphatic carbocycles. The van der Waals surface area contributed by atoms with Gasteiger partial charge in [-0.2, -0.15) is 0 Å². The van der Waals surface area contributed by atoms with E-state index in [1.165, 1.54) is 25.3 Å². The molecule has 5 nitrogen and oxygen atoms in total. The molecule has 0 atom stereocenters. The molecule has 0 saturated carbocycles. The van der Waals surface area contributed by atoms with Crippen molar-refractivity contribution in [2.24, 2.45) is 0 Å². The summed E-state index contributed by atoms with van der Waals surface area (Å²) in [6.07, 6.45) is 0. The summed E-state index contributed by atoms with van der Waals surface area (Å²) in [6, 6.07) is 9.39. The Morgan fingerprint density at radius 1 is 1.19 bits per heavy atom. The van der Waals surface area contributed by atoms with E-state index in [4.69, 9.17) is 22.1 Å². The van der Waals surface area contributed by atoms with Crippen molar-refractivity contribution in [3.8, 4) is 5.75 Å². The van der Waals surface area contributed by atoms with Crippen molar-refractivity contribution in [2.75, 3.05) is 17.6 Å². The first-order chi connectivity index (χ1) is 9.83. The fourth-order valence-corrected chi connectivity index (χ4v) is 3.38. The molecule has 0 unspecified atom stereocenters. The molecule has 0 spiro atoms. The largest absolute Gasteiger partial charge is 0.495 e. The fraction of sp³-hybridized carbons (Fsp3) is 0.143. The number of nitrogen functional groups attached to an aromatic ring is 1. The molecule has 0 aliphatic heterocycles. The number of benzene rings is 2. The van der Waals surface area contributed by atoms with Crippen LogP contribution in [0.4, 0.5) is 11.4 Å². The highest BCUT2D eigenvalue weighted by molar-refractivity contribution is 7.92. The van der Waals surface area contributed by atoms with Gasteiger partial charge in [-0.15, -0.1) is 0 Å². The first-order valence-electron chi connectivity index (χ1n) is 6.06. The monoisotopic (exact) mass is 326 g/mol. The van der Waals surface area contributed by atoms with E-state index in [9.17, 15) is 8.42 Å². The lowest BCUT2D eigenvalue weighted by atomic mass is 10.2. The van der Waals surface area contributed by atoms with E-state index in [-0.39, 0.29) is 10.6 Å². The summed E-state index contributed by atoms with van der Waals surface area (Å²) < 4.78 is 32.4. The number of rotatable bonds is 4. The highest BCUT2D eigenvalue weighted by Gasteiger charge is 2.20. The number of hydrogen-bond acceptors (Lipinski definition) is 4. The number of halogens is 1. The maximum atomic E-state index is 12.4. The second-order valence-corrected chi connectivity index (χ2v) is 6.56. The smallest absolute Gasteiger partial charge is 0.265 e. The fourth-order valence-electron chi connectivity index (χ4n) is 1.81. The van der Waals surface area contributed by atoms with Crippen molar-refractivity contribution in [2.45, 2.75) is 11.8 Å². The van der Waals surface area contributed by atoms with Crippen LogP contribution in [-0.4, -0.2) is 15.5 Å². The molecule has 0 bridgehead atoms. The van der Waals surface area contributed by atoms with Crippen LogP contribution in [0.5, 0.6) is 5.75 Å². The van der Waals surface area contributed by atoms with Crippen molar-refractivity contribution in [1.82, 2.24) is 0 Å². The quantitative estimate of drug-likeness (QED) is 0.846. The van der Waals surface area contributed by atoms with Crippen molar-refractivity contribution in [3.05, 3.63) is 47.0 Å². The highest BCUT2D eigenvalue weighted by Crippen LogP contribution is 2.30. The molecule has 0 heterocycles. The standard InChI is InChI=1S/C14H15ClN2O3S/c1-9-3-5-12(11(15)7-9)17-21(18,19)14-6-4-10(16)8-13(14)20-2/h3-8,17H,16H2,1-2H3. The van der Waals surface area contributed by atoms with E-state index < -0.39 is 10.0 Å². The summed E-state index contributed by atoms with van der Waals surface area (Å²) in [4.78, 5) is -0.00385. The minimum atomic E-state index is -3.82. The molecule has 0 fully saturated rings. The number of nitrogens with two attached hydrogens (primary N) is 1. The first kappa shape index (κ1) is 15.5. The molecule has 0 aliphatic rings. The first-order valence-corrected chi connectivity index (χ1v) is 7.92. The average Bonchev–Trinajstić information content (AvgIpc) is 2.41. The summed E-state index contributed by atoms with van der Waals surface area (Å²) in [5.74, 6) is 0.172. The van der Waals surface area contributed by atoms with Gasteiger partial charge in [0.05, 0.1) is 17.8 Å². The number of methoxy groups -OCH3 is 1. The Balaban J connectivity index is 2.43. The van der Waals surface area contributed by atoms with Gasteiger partial charge in [0.1, 0.15) is 10.6 Å². The van der Waals surface area contributed by atoms with Gasteiger partial charge in [0.2, 0.25) is 0 Å². The lowest BCUT2D eigenvalue weighted by molar-refractivity contribution is 0.403. The van der Waals surface area contributed by atoms with Crippen molar-refractivity contribution < 1.29 is 13.2 Å². The molecule has 3 N–H and O–H groups in total. The van der Waals surface area contributed by atoms with Gasteiger partial charge in [-0.05, 0) is 36.8 Å². The second kappa shape index (κ2) is 5.83. The van der Waals surface area contributed by atoms with Crippen LogP contribution in [0.25, 0.3) is 0 Å². The Morgan fingerprint density at radius 2 is 1.90 bits per heavy atom. The number of aryl methyl sites for hydroxylation is 1. The maximum Gasteiger partial charge on any atom is 0.265 e. The molecule has 2 aromatic rings. The second-order valence-electron chi connectivity index (χ2n) is 4.50. The number of sulfonamides is 1. The topological polar surface area (TPSA) is 81.4 Å². The zero-order chi connectivity index (χ0) is 15.6. The van der Waals surface area contributed by atoms with Crippen LogP contribution >= 0.6 is 11.6 Å².